The molecular weight excluding hydrogens is 324 g/mol. The van der Waals surface area contributed by atoms with Crippen molar-refractivity contribution in [2.45, 2.75) is 51.6 Å². The molecule has 1 aromatic heterocycles. The zero-order chi connectivity index (χ0) is 17.9. The van der Waals surface area contributed by atoms with Crippen LogP contribution >= 0.6 is 0 Å². The van der Waals surface area contributed by atoms with Crippen molar-refractivity contribution in [1.29, 1.82) is 0 Å². The first-order valence-electron chi connectivity index (χ1n) is 9.67. The molecule has 5 heteroatoms. The normalized spacial score (nSPS) is 20.2. The number of amides is 1. The van der Waals surface area contributed by atoms with Gasteiger partial charge in [0.25, 0.3) is 0 Å². The van der Waals surface area contributed by atoms with Crippen LogP contribution < -0.4 is 4.90 Å². The number of hydrogen-bond donors (Lipinski definition) is 0. The van der Waals surface area contributed by atoms with E-state index in [2.05, 4.69) is 38.8 Å². The molecule has 0 saturated carbocycles. The quantitative estimate of drug-likeness (QED) is 0.851. The van der Waals surface area contributed by atoms with Crippen LogP contribution in [0.25, 0.3) is 0 Å². The second-order valence-corrected chi connectivity index (χ2v) is 7.24. The second kappa shape index (κ2) is 7.44. The van der Waals surface area contributed by atoms with Gasteiger partial charge in [-0.2, -0.15) is 0 Å². The highest BCUT2D eigenvalue weighted by atomic mass is 16.2. The van der Waals surface area contributed by atoms with Gasteiger partial charge in [0.15, 0.2) is 0 Å². The smallest absolute Gasteiger partial charge is 0.224 e. The standard InChI is InChI=1S/C21H26N4O/c1-2-17-14-24(21-18-9-6-10-19(18)22-15-23-21)12-11-20(26)25(17)13-16-7-4-3-5-8-16/h3-5,7-8,15,17H,2,6,9-14H2,1H3/t17-/m1/s1. The highest BCUT2D eigenvalue weighted by Gasteiger charge is 2.31. The number of nitrogens with zero attached hydrogens (tertiary/aromatic N) is 4. The maximum absolute atomic E-state index is 12.9. The minimum absolute atomic E-state index is 0.206. The van der Waals surface area contributed by atoms with Crippen LogP contribution in [0.1, 0.15) is 43.0 Å². The molecule has 5 nitrogen and oxygen atoms in total. The van der Waals surface area contributed by atoms with Crippen LogP contribution in [0.5, 0.6) is 0 Å². The molecule has 1 atom stereocenters. The average molecular weight is 350 g/mol. The van der Waals surface area contributed by atoms with Gasteiger partial charge in [0.2, 0.25) is 5.91 Å². The number of aromatic nitrogens is 2. The first kappa shape index (κ1) is 17.0. The number of carbonyl (C=O) groups excluding carboxylic acids is 1. The maximum atomic E-state index is 12.9. The third kappa shape index (κ3) is 3.30. The Balaban J connectivity index is 1.58. The van der Waals surface area contributed by atoms with Crippen LogP contribution in [0.3, 0.4) is 0 Å². The van der Waals surface area contributed by atoms with Gasteiger partial charge in [0.1, 0.15) is 12.1 Å². The van der Waals surface area contributed by atoms with Crippen molar-refractivity contribution in [2.75, 3.05) is 18.0 Å². The van der Waals surface area contributed by atoms with Gasteiger partial charge in [0.05, 0.1) is 0 Å². The molecule has 0 N–H and O–H groups in total. The van der Waals surface area contributed by atoms with E-state index in [-0.39, 0.29) is 11.9 Å². The number of carbonyl (C=O) groups is 1. The van der Waals surface area contributed by atoms with Gasteiger partial charge >= 0.3 is 0 Å². The number of fused-ring (bicyclic) bond motifs is 1. The largest absolute Gasteiger partial charge is 0.354 e. The van der Waals surface area contributed by atoms with E-state index < -0.39 is 0 Å². The highest BCUT2D eigenvalue weighted by molar-refractivity contribution is 5.78. The molecule has 2 heterocycles. The first-order chi connectivity index (χ1) is 12.8. The van der Waals surface area contributed by atoms with E-state index in [0.29, 0.717) is 13.0 Å². The monoisotopic (exact) mass is 350 g/mol. The first-order valence-corrected chi connectivity index (χ1v) is 9.67. The lowest BCUT2D eigenvalue weighted by atomic mass is 10.1. The molecule has 1 amide bonds. The molecule has 2 aromatic rings. The lowest BCUT2D eigenvalue weighted by Gasteiger charge is -2.32. The second-order valence-electron chi connectivity index (χ2n) is 7.24. The van der Waals surface area contributed by atoms with Gasteiger partial charge in [-0.05, 0) is 31.2 Å². The molecule has 1 saturated heterocycles. The molecule has 1 fully saturated rings. The summed E-state index contributed by atoms with van der Waals surface area (Å²) in [6.07, 6.45) is 6.44. The van der Waals surface area contributed by atoms with E-state index in [1.165, 1.54) is 16.8 Å². The van der Waals surface area contributed by atoms with Crippen molar-refractivity contribution in [3.63, 3.8) is 0 Å². The summed E-state index contributed by atoms with van der Waals surface area (Å²) >= 11 is 0. The third-order valence-corrected chi connectivity index (χ3v) is 5.61. The minimum Gasteiger partial charge on any atom is -0.354 e. The Morgan fingerprint density at radius 1 is 1.12 bits per heavy atom. The maximum Gasteiger partial charge on any atom is 0.224 e. The molecule has 26 heavy (non-hydrogen) atoms. The van der Waals surface area contributed by atoms with Crippen LogP contribution in [0.4, 0.5) is 5.82 Å². The fraction of sp³-hybridized carbons (Fsp3) is 0.476. The summed E-state index contributed by atoms with van der Waals surface area (Å²) in [7, 11) is 0. The summed E-state index contributed by atoms with van der Waals surface area (Å²) in [6, 6.07) is 10.5. The minimum atomic E-state index is 0.206. The topological polar surface area (TPSA) is 49.3 Å². The van der Waals surface area contributed by atoms with Gasteiger partial charge in [-0.15, -0.1) is 0 Å². The Kier molecular flexibility index (Phi) is 4.87. The summed E-state index contributed by atoms with van der Waals surface area (Å²) < 4.78 is 0. The molecule has 2 aliphatic rings. The molecule has 0 radical (unpaired) electrons. The summed E-state index contributed by atoms with van der Waals surface area (Å²) in [5.41, 5.74) is 3.68. The molecule has 0 unspecified atom stereocenters. The predicted molar refractivity (Wildman–Crippen MR) is 102 cm³/mol. The Labute approximate surface area is 155 Å². The van der Waals surface area contributed by atoms with Gasteiger partial charge in [-0.25, -0.2) is 9.97 Å². The van der Waals surface area contributed by atoms with Gasteiger partial charge in [-0.3, -0.25) is 4.79 Å². The SMILES string of the molecule is CC[C@@H]1CN(c2ncnc3c2CCC3)CCC(=O)N1Cc1ccccc1. The van der Waals surface area contributed by atoms with Crippen LogP contribution in [0.15, 0.2) is 36.7 Å². The van der Waals surface area contributed by atoms with Crippen molar-refractivity contribution in [1.82, 2.24) is 14.9 Å². The average Bonchev–Trinajstić information content (AvgIpc) is 3.10. The zero-order valence-electron chi connectivity index (χ0n) is 15.4. The lowest BCUT2D eigenvalue weighted by Crippen LogP contribution is -2.42. The van der Waals surface area contributed by atoms with Crippen molar-refractivity contribution in [3.8, 4) is 0 Å². The van der Waals surface area contributed by atoms with Crippen molar-refractivity contribution in [3.05, 3.63) is 53.5 Å². The molecule has 1 aliphatic carbocycles. The Hall–Kier alpha value is -2.43. The summed E-state index contributed by atoms with van der Waals surface area (Å²) in [6.45, 7) is 4.44. The number of hydrogen-bond acceptors (Lipinski definition) is 4. The van der Waals surface area contributed by atoms with Crippen LogP contribution in [0.2, 0.25) is 0 Å². The van der Waals surface area contributed by atoms with Crippen molar-refractivity contribution >= 4 is 11.7 Å². The molecule has 1 aromatic carbocycles. The third-order valence-electron chi connectivity index (χ3n) is 5.61. The van der Waals surface area contributed by atoms with Gasteiger partial charge < -0.3 is 9.80 Å². The van der Waals surface area contributed by atoms with E-state index in [0.717, 1.165) is 44.6 Å². The molecule has 4 rings (SSSR count). The fourth-order valence-electron chi connectivity index (χ4n) is 4.18. The Morgan fingerprint density at radius 3 is 2.77 bits per heavy atom. The summed E-state index contributed by atoms with van der Waals surface area (Å²) in [4.78, 5) is 26.3. The number of rotatable bonds is 4. The fourth-order valence-corrected chi connectivity index (χ4v) is 4.18. The van der Waals surface area contributed by atoms with E-state index >= 15 is 0 Å². The summed E-state index contributed by atoms with van der Waals surface area (Å²) in [5, 5.41) is 0. The highest BCUT2D eigenvalue weighted by Crippen LogP contribution is 2.30. The number of anilines is 1. The molecule has 0 spiro atoms. The Morgan fingerprint density at radius 2 is 1.96 bits per heavy atom. The summed E-state index contributed by atoms with van der Waals surface area (Å²) in [5.74, 6) is 1.30. The van der Waals surface area contributed by atoms with E-state index in [1.54, 1.807) is 6.33 Å². The van der Waals surface area contributed by atoms with Gasteiger partial charge in [0, 0.05) is 43.4 Å². The Bertz CT molecular complexity index is 777. The van der Waals surface area contributed by atoms with Crippen LogP contribution in [-0.4, -0.2) is 39.9 Å². The zero-order valence-corrected chi connectivity index (χ0v) is 15.4. The van der Waals surface area contributed by atoms with Crippen molar-refractivity contribution < 1.29 is 4.79 Å². The molecule has 0 bridgehead atoms. The number of benzene rings is 1. The van der Waals surface area contributed by atoms with E-state index in [9.17, 15) is 4.79 Å². The molecule has 1 aliphatic heterocycles. The van der Waals surface area contributed by atoms with E-state index in [1.807, 2.05) is 18.2 Å². The molecular formula is C21H26N4O. The van der Waals surface area contributed by atoms with E-state index in [4.69, 9.17) is 0 Å². The van der Waals surface area contributed by atoms with Gasteiger partial charge in [-0.1, -0.05) is 37.3 Å². The van der Waals surface area contributed by atoms with Crippen LogP contribution in [0, 0.1) is 0 Å². The van der Waals surface area contributed by atoms with Crippen LogP contribution in [-0.2, 0) is 24.2 Å². The lowest BCUT2D eigenvalue weighted by molar-refractivity contribution is -0.133. The number of aryl methyl sites for hydroxylation is 1. The van der Waals surface area contributed by atoms with Crippen molar-refractivity contribution in [2.24, 2.45) is 0 Å². The molecule has 136 valence electrons. The predicted octanol–water partition coefficient (Wildman–Crippen LogP) is 2.98.